The van der Waals surface area contributed by atoms with Gasteiger partial charge in [0.25, 0.3) is 0 Å². The molecular formula is C76H60ClF3N30S7. The number of halogens is 4. The molecule has 21 rings (SSSR count). The van der Waals surface area contributed by atoms with Gasteiger partial charge in [-0.3, -0.25) is 41.0 Å². The molecule has 0 radical (unpaired) electrons. The van der Waals surface area contributed by atoms with Crippen molar-refractivity contribution >= 4 is 257 Å². The maximum atomic E-state index is 12.7. The predicted octanol–water partition coefficient (Wildman–Crippen LogP) is 21.1. The maximum Gasteiger partial charge on any atom is 0.445 e. The van der Waals surface area contributed by atoms with Crippen molar-refractivity contribution < 1.29 is 13.2 Å². The second kappa shape index (κ2) is 32.0. The average molecular weight is 1710 g/mol. The Bertz CT molecular complexity index is 6990. The molecule has 0 saturated heterocycles. The molecule has 15 aromatic heterocycles. The van der Waals surface area contributed by atoms with E-state index < -0.39 is 11.2 Å². The summed E-state index contributed by atoms with van der Waals surface area (Å²) in [5.74, 6) is 6.27. The second-order valence-electron chi connectivity index (χ2n) is 27.1. The lowest BCUT2D eigenvalue weighted by molar-refractivity contribution is -0.138. The van der Waals surface area contributed by atoms with E-state index in [1.54, 1.807) is 75.7 Å². The summed E-state index contributed by atoms with van der Waals surface area (Å²) in [4.78, 5) is 48.0. The zero-order chi connectivity index (χ0) is 79.9. The van der Waals surface area contributed by atoms with Crippen molar-refractivity contribution in [2.75, 3.05) is 48.3 Å². The molecule has 0 spiro atoms. The van der Waals surface area contributed by atoms with Gasteiger partial charge in [-0.25, -0.2) is 29.9 Å². The molecule has 0 unspecified atom stereocenters. The summed E-state index contributed by atoms with van der Waals surface area (Å²) in [5.41, 5.74) is 13.9. The summed E-state index contributed by atoms with van der Waals surface area (Å²) in [6, 6.07) is 39.5. The van der Waals surface area contributed by atoms with Gasteiger partial charge >= 0.3 is 6.18 Å². The molecule has 0 atom stereocenters. The number of thiazole rings is 2. The molecule has 30 nitrogen and oxygen atoms in total. The highest BCUT2D eigenvalue weighted by molar-refractivity contribution is 7.99. The molecule has 5 aromatic carbocycles. The lowest BCUT2D eigenvalue weighted by Crippen LogP contribution is -2.12. The van der Waals surface area contributed by atoms with Gasteiger partial charge in [0.2, 0.25) is 33.9 Å². The molecule has 0 saturated carbocycles. The number of alkyl halides is 3. The number of aromatic amines is 4. The molecule has 584 valence electrons. The Labute approximate surface area is 692 Å². The number of benzene rings is 5. The number of nitrogens with zero attached hydrogens (tertiary/aromatic N) is 18. The summed E-state index contributed by atoms with van der Waals surface area (Å²) in [7, 11) is 1.92. The monoisotopic (exact) mass is 1710 g/mol. The van der Waals surface area contributed by atoms with Crippen LogP contribution >= 0.6 is 91.4 Å². The van der Waals surface area contributed by atoms with Gasteiger partial charge in [-0.1, -0.05) is 55.8 Å². The van der Waals surface area contributed by atoms with E-state index in [4.69, 9.17) is 21.6 Å². The van der Waals surface area contributed by atoms with Crippen molar-refractivity contribution in [1.29, 1.82) is 0 Å². The molecular weight excluding hydrogens is 1650 g/mol. The van der Waals surface area contributed by atoms with E-state index in [9.17, 15) is 13.2 Å². The summed E-state index contributed by atoms with van der Waals surface area (Å²) < 4.78 is 43.1. The summed E-state index contributed by atoms with van der Waals surface area (Å²) >= 11 is 15.9. The standard InChI is InChI=1S/C22H14ClN7S2.C21H22N8S.C17H13N7S2.C16H11F3N8S2/c23-14-3-1-12(2-4-14)18-11-32-22(27-18)29-21-26-17-7-8-31-19(17)20(28-21)25-15-5-6-16-13(9-15)10-24-30-16;1-21(2,3)16-10-17(29(4)28-16)25-20-24-15-7-8-30-18(15)19(26-20)23-13-5-6-14-12(9-13)11-22-27-14;1-9-7-18-17(26-9)23-16-21-13-4-5-25-14(13)15(22-16)20-11-2-3-12-10(6-11)8-19-24-12;17-16(18,19)13-26-27-15(29-13)24-14-22-10-3-4-28-11(10)12(23-14)21-8-1-2-9-7(5-8)6-20-25-9/h1-11H,(H,24,30)(H2,25,26,27,28,29);5-11H,1-4H3,(H,22,27)(H2,23,24,25,26);2-8H,1H3,(H,19,24)(H2,18,20,21,22,23);1-2,5-6H,3-4H2,(H,20,25)(H2,21,22,23,24,27). The fourth-order valence-electron chi connectivity index (χ4n) is 12.1. The van der Waals surface area contributed by atoms with Gasteiger partial charge in [0.05, 0.1) is 99.5 Å². The van der Waals surface area contributed by atoms with Crippen molar-refractivity contribution in [2.24, 2.45) is 7.05 Å². The van der Waals surface area contributed by atoms with Crippen LogP contribution in [0.1, 0.15) is 42.0 Å². The quantitative estimate of drug-likeness (QED) is 0.0403. The number of H-pyrrole nitrogens is 4. The highest BCUT2D eigenvalue weighted by Crippen LogP contribution is 2.42. The Kier molecular flexibility index (Phi) is 20.6. The van der Waals surface area contributed by atoms with Gasteiger partial charge < -0.3 is 26.6 Å². The minimum atomic E-state index is -4.54. The van der Waals surface area contributed by atoms with Crippen LogP contribution in [0.25, 0.3) is 85.5 Å². The van der Waals surface area contributed by atoms with Crippen molar-refractivity contribution in [3.05, 3.63) is 200 Å². The van der Waals surface area contributed by atoms with Gasteiger partial charge in [-0.2, -0.15) is 58.6 Å². The predicted molar refractivity (Wildman–Crippen MR) is 466 cm³/mol. The van der Waals surface area contributed by atoms with Crippen molar-refractivity contribution in [2.45, 2.75) is 50.6 Å². The molecule has 0 fully saturated rings. The zero-order valence-corrected chi connectivity index (χ0v) is 68.0. The number of nitrogens with one attached hydrogen (secondary N) is 12. The van der Waals surface area contributed by atoms with E-state index in [1.807, 2.05) is 174 Å². The van der Waals surface area contributed by atoms with Crippen molar-refractivity contribution in [3.8, 4) is 11.3 Å². The van der Waals surface area contributed by atoms with Crippen LogP contribution in [0, 0.1) is 6.92 Å². The number of thiophene rings is 3. The second-order valence-corrected chi connectivity index (χ2v) is 34.4. The Morgan fingerprint density at radius 2 is 0.923 bits per heavy atom. The number of aryl methyl sites for hydroxylation is 3. The van der Waals surface area contributed by atoms with Gasteiger partial charge in [0.1, 0.15) is 11.6 Å². The van der Waals surface area contributed by atoms with Gasteiger partial charge in [0, 0.05) is 102 Å². The molecule has 12 N–H and O–H groups in total. The fraction of sp³-hybridized carbons (Fsp3) is 0.118. The molecule has 117 heavy (non-hydrogen) atoms. The summed E-state index contributed by atoms with van der Waals surface area (Å²) in [6.45, 7) is 8.45. The van der Waals surface area contributed by atoms with Gasteiger partial charge in [-0.15, -0.1) is 78.6 Å². The molecule has 41 heteroatoms. The van der Waals surface area contributed by atoms with Crippen LogP contribution in [0.3, 0.4) is 0 Å². The molecule has 16 heterocycles. The smallest absolute Gasteiger partial charge is 0.339 e. The van der Waals surface area contributed by atoms with E-state index in [-0.39, 0.29) is 16.5 Å². The summed E-state index contributed by atoms with van der Waals surface area (Å²) in [5, 5.41) is 78.6. The third-order valence-electron chi connectivity index (χ3n) is 17.7. The van der Waals surface area contributed by atoms with E-state index in [2.05, 4.69) is 159 Å². The topological polar surface area (TPSA) is 383 Å². The molecule has 20 aromatic rings. The van der Waals surface area contributed by atoms with Gasteiger partial charge in [-0.05, 0) is 126 Å². The Morgan fingerprint density at radius 1 is 0.462 bits per heavy atom. The number of aromatic nitrogens is 22. The first-order valence-electron chi connectivity index (χ1n) is 35.6. The lowest BCUT2D eigenvalue weighted by atomic mass is 9.92. The van der Waals surface area contributed by atoms with Crippen LogP contribution < -0.4 is 42.5 Å². The third kappa shape index (κ3) is 17.1. The van der Waals surface area contributed by atoms with Gasteiger partial charge in [0.15, 0.2) is 27.7 Å². The summed E-state index contributed by atoms with van der Waals surface area (Å²) in [6.07, 6.45) is 5.18. The van der Waals surface area contributed by atoms with Crippen molar-refractivity contribution in [3.63, 3.8) is 0 Å². The molecule has 0 bridgehead atoms. The number of thioether (sulfide) groups is 1. The average Bonchev–Trinajstić information content (AvgIpc) is 1.69. The number of fused-ring (bicyclic) bond motifs is 8. The highest BCUT2D eigenvalue weighted by Gasteiger charge is 2.36. The van der Waals surface area contributed by atoms with Crippen LogP contribution in [0.15, 0.2) is 179 Å². The van der Waals surface area contributed by atoms with Crippen LogP contribution in [0.5, 0.6) is 0 Å². The van der Waals surface area contributed by atoms with Crippen LogP contribution in [-0.4, -0.2) is 116 Å². The molecule has 1 aliphatic rings. The fourth-order valence-corrected chi connectivity index (χ4v) is 17.6. The number of hydrogen-bond donors (Lipinski definition) is 12. The molecule has 0 aliphatic carbocycles. The first-order chi connectivity index (χ1) is 56.8. The number of anilines is 16. The Morgan fingerprint density at radius 3 is 1.38 bits per heavy atom. The third-order valence-corrected chi connectivity index (χ3v) is 24.3. The minimum Gasteiger partial charge on any atom is -0.339 e. The highest BCUT2D eigenvalue weighted by atomic mass is 35.5. The van der Waals surface area contributed by atoms with Crippen LogP contribution in [-0.2, 0) is 25.1 Å². The number of hydrogen-bond acceptors (Lipinski definition) is 32. The SMILES string of the molecule is Cc1cnc(Nc2nc(Nc3ccc4[nH]ncc4c3)c3sccc3n2)s1.Clc1ccc(-c2csc(Nc3nc(Nc4ccc5[nH]ncc5c4)c4sccc4n3)n2)cc1.Cn1nc(C(C)(C)C)cc1Nc1nc(Nc2ccc3[nH]ncc3c2)c2sccc2n1.FC(F)(F)c1nnc(Nc2nc3c(c(Nc4ccc5[nH]ncc5c4)n2)SCC3)s1. The minimum absolute atomic E-state index is 0.0197. The van der Waals surface area contributed by atoms with Crippen LogP contribution in [0.4, 0.5) is 104 Å². The molecule has 0 amide bonds. The Hall–Kier alpha value is -13.0. The van der Waals surface area contributed by atoms with Crippen molar-refractivity contribution in [1.82, 2.24) is 111 Å². The maximum absolute atomic E-state index is 12.7. The normalized spacial score (nSPS) is 12.0. The Balaban J connectivity index is 0.000000108. The van der Waals surface area contributed by atoms with Crippen LogP contribution in [0.2, 0.25) is 5.02 Å². The lowest BCUT2D eigenvalue weighted by Gasteiger charge is -2.13. The van der Waals surface area contributed by atoms with E-state index in [0.29, 0.717) is 40.0 Å². The number of rotatable bonds is 17. The first kappa shape index (κ1) is 75.4. The molecule has 1 aliphatic heterocycles. The van der Waals surface area contributed by atoms with E-state index >= 15 is 0 Å². The largest absolute Gasteiger partial charge is 0.445 e. The van der Waals surface area contributed by atoms with E-state index in [1.165, 1.54) is 11.3 Å². The zero-order valence-electron chi connectivity index (χ0n) is 61.6. The first-order valence-corrected chi connectivity index (χ1v) is 42.1. The van der Waals surface area contributed by atoms with E-state index in [0.717, 1.165) is 175 Å².